The van der Waals surface area contributed by atoms with E-state index in [1.807, 2.05) is 26.0 Å². The Morgan fingerprint density at radius 2 is 2.06 bits per heavy atom. The van der Waals surface area contributed by atoms with Crippen molar-refractivity contribution in [2.75, 3.05) is 0 Å². The van der Waals surface area contributed by atoms with Crippen LogP contribution in [0, 0.1) is 0 Å². The van der Waals surface area contributed by atoms with Crippen LogP contribution in [0.5, 0.6) is 5.75 Å². The molecule has 0 saturated carbocycles. The number of nitrogens with one attached hydrogen (secondary N) is 1. The van der Waals surface area contributed by atoms with E-state index < -0.39 is 0 Å². The molecule has 18 heavy (non-hydrogen) atoms. The Balaban J connectivity index is 2.29. The van der Waals surface area contributed by atoms with E-state index in [9.17, 15) is 9.90 Å². The van der Waals surface area contributed by atoms with Crippen LogP contribution in [0.3, 0.4) is 0 Å². The van der Waals surface area contributed by atoms with Crippen LogP contribution in [0.4, 0.5) is 0 Å². The summed E-state index contributed by atoms with van der Waals surface area (Å²) in [4.78, 5) is 11.7. The number of aromatic nitrogens is 3. The zero-order valence-corrected chi connectivity index (χ0v) is 10.6. The molecular weight excluding hydrogens is 230 g/mol. The molecule has 1 atom stereocenters. The van der Waals surface area contributed by atoms with E-state index in [0.29, 0.717) is 6.42 Å². The van der Waals surface area contributed by atoms with E-state index in [2.05, 4.69) is 10.2 Å². The minimum absolute atomic E-state index is 0.128. The Morgan fingerprint density at radius 3 is 2.67 bits per heavy atom. The van der Waals surface area contributed by atoms with Crippen molar-refractivity contribution in [3.8, 4) is 5.75 Å². The first-order valence-corrected chi connectivity index (χ1v) is 6.05. The van der Waals surface area contributed by atoms with Crippen LogP contribution >= 0.6 is 0 Å². The highest BCUT2D eigenvalue weighted by Gasteiger charge is 2.13. The normalized spacial score (nSPS) is 12.6. The second-order valence-electron chi connectivity index (χ2n) is 4.42. The fourth-order valence-electron chi connectivity index (χ4n) is 1.90. The number of H-pyrrole nitrogens is 1. The van der Waals surface area contributed by atoms with E-state index in [4.69, 9.17) is 0 Å². The Labute approximate surface area is 105 Å². The van der Waals surface area contributed by atoms with Gasteiger partial charge in [-0.15, -0.1) is 0 Å². The van der Waals surface area contributed by atoms with Crippen LogP contribution in [0.15, 0.2) is 29.1 Å². The van der Waals surface area contributed by atoms with Crippen LogP contribution in [-0.2, 0) is 6.42 Å². The Bertz CT molecular complexity index is 569. The lowest BCUT2D eigenvalue weighted by Crippen LogP contribution is -2.22. The van der Waals surface area contributed by atoms with Crippen molar-refractivity contribution in [1.82, 2.24) is 14.8 Å². The summed E-state index contributed by atoms with van der Waals surface area (Å²) in [6.45, 7) is 4.03. The smallest absolute Gasteiger partial charge is 0.343 e. The molecule has 1 heterocycles. The third kappa shape index (κ3) is 2.45. The summed E-state index contributed by atoms with van der Waals surface area (Å²) in [5, 5.41) is 15.8. The highest BCUT2D eigenvalue weighted by atomic mass is 16.3. The maximum Gasteiger partial charge on any atom is 0.343 e. The number of rotatable bonds is 4. The molecule has 0 fully saturated rings. The van der Waals surface area contributed by atoms with Crippen molar-refractivity contribution in [3.63, 3.8) is 0 Å². The summed E-state index contributed by atoms with van der Waals surface area (Å²) >= 11 is 0. The van der Waals surface area contributed by atoms with Crippen molar-refractivity contribution in [1.29, 1.82) is 0 Å². The van der Waals surface area contributed by atoms with Crippen LogP contribution < -0.4 is 5.69 Å². The van der Waals surface area contributed by atoms with Gasteiger partial charge in [0.15, 0.2) is 0 Å². The largest absolute Gasteiger partial charge is 0.508 e. The number of aromatic amines is 1. The molecule has 0 aliphatic heterocycles. The van der Waals surface area contributed by atoms with Gasteiger partial charge in [0.1, 0.15) is 11.6 Å². The highest BCUT2D eigenvalue weighted by Crippen LogP contribution is 2.15. The topological polar surface area (TPSA) is 70.9 Å². The number of phenols is 1. The van der Waals surface area contributed by atoms with Gasteiger partial charge in [-0.2, -0.15) is 5.10 Å². The molecule has 1 aromatic heterocycles. The maximum absolute atomic E-state index is 11.7. The van der Waals surface area contributed by atoms with Crippen molar-refractivity contribution < 1.29 is 5.11 Å². The molecule has 1 aromatic carbocycles. The second-order valence-corrected chi connectivity index (χ2v) is 4.42. The maximum atomic E-state index is 11.7. The average Bonchev–Trinajstić information content (AvgIpc) is 2.72. The predicted molar refractivity (Wildman–Crippen MR) is 68.8 cm³/mol. The molecule has 0 amide bonds. The SMILES string of the molecule is CC[C@@H](C)n1c(Cc2ccc(O)cc2)n[nH]c1=O. The lowest BCUT2D eigenvalue weighted by Gasteiger charge is -2.12. The zero-order chi connectivity index (χ0) is 13.1. The quantitative estimate of drug-likeness (QED) is 0.866. The van der Waals surface area contributed by atoms with Crippen molar-refractivity contribution >= 4 is 0 Å². The fraction of sp³-hybridized carbons (Fsp3) is 0.385. The van der Waals surface area contributed by atoms with Crippen LogP contribution in [0.2, 0.25) is 0 Å². The first-order valence-electron chi connectivity index (χ1n) is 6.05. The van der Waals surface area contributed by atoms with E-state index >= 15 is 0 Å². The van der Waals surface area contributed by atoms with Gasteiger partial charge in [0.05, 0.1) is 0 Å². The molecule has 2 aromatic rings. The summed E-state index contributed by atoms with van der Waals surface area (Å²) in [6, 6.07) is 7.05. The van der Waals surface area contributed by atoms with Gasteiger partial charge < -0.3 is 5.11 Å². The summed E-state index contributed by atoms with van der Waals surface area (Å²) in [7, 11) is 0. The van der Waals surface area contributed by atoms with Crippen molar-refractivity contribution in [2.45, 2.75) is 32.7 Å². The molecule has 0 radical (unpaired) electrons. The molecule has 5 heteroatoms. The van der Waals surface area contributed by atoms with Crippen LogP contribution in [-0.4, -0.2) is 19.9 Å². The minimum atomic E-state index is -0.168. The third-order valence-electron chi connectivity index (χ3n) is 3.11. The predicted octanol–water partition coefficient (Wildman–Crippen LogP) is 1.84. The third-order valence-corrected chi connectivity index (χ3v) is 3.11. The van der Waals surface area contributed by atoms with Gasteiger partial charge >= 0.3 is 5.69 Å². The van der Waals surface area contributed by atoms with Crippen molar-refractivity contribution in [2.24, 2.45) is 0 Å². The van der Waals surface area contributed by atoms with E-state index in [-0.39, 0.29) is 17.5 Å². The zero-order valence-electron chi connectivity index (χ0n) is 10.6. The number of nitrogens with zero attached hydrogens (tertiary/aromatic N) is 2. The number of aromatic hydroxyl groups is 1. The molecule has 0 saturated heterocycles. The molecule has 96 valence electrons. The van der Waals surface area contributed by atoms with Gasteiger partial charge in [0.2, 0.25) is 0 Å². The fourth-order valence-corrected chi connectivity index (χ4v) is 1.90. The van der Waals surface area contributed by atoms with Gasteiger partial charge in [-0.1, -0.05) is 19.1 Å². The van der Waals surface area contributed by atoms with Crippen molar-refractivity contribution in [3.05, 3.63) is 46.1 Å². The van der Waals surface area contributed by atoms with Crippen LogP contribution in [0.25, 0.3) is 0 Å². The summed E-state index contributed by atoms with van der Waals surface area (Å²) in [6.07, 6.45) is 1.45. The van der Waals surface area contributed by atoms with Gasteiger partial charge in [-0.25, -0.2) is 9.89 Å². The standard InChI is InChI=1S/C13H17N3O2/c1-3-9(2)16-12(14-15-13(16)18)8-10-4-6-11(17)7-5-10/h4-7,9,17H,3,8H2,1-2H3,(H,15,18)/t9-/m1/s1. The number of benzene rings is 1. The molecule has 5 nitrogen and oxygen atoms in total. The number of phenolic OH excluding ortho intramolecular Hbond substituents is 1. The summed E-state index contributed by atoms with van der Waals surface area (Å²) < 4.78 is 1.69. The van der Waals surface area contributed by atoms with Gasteiger partial charge in [0.25, 0.3) is 0 Å². The first kappa shape index (κ1) is 12.4. The monoisotopic (exact) mass is 247 g/mol. The molecule has 2 N–H and O–H groups in total. The van der Waals surface area contributed by atoms with E-state index in [0.717, 1.165) is 17.8 Å². The molecule has 0 bridgehead atoms. The lowest BCUT2D eigenvalue weighted by atomic mass is 10.1. The number of hydrogen-bond donors (Lipinski definition) is 2. The molecular formula is C13H17N3O2. The number of hydrogen-bond acceptors (Lipinski definition) is 3. The Morgan fingerprint density at radius 1 is 1.39 bits per heavy atom. The first-order chi connectivity index (χ1) is 8.61. The molecule has 0 aliphatic rings. The Kier molecular flexibility index (Phi) is 3.50. The molecule has 0 aliphatic carbocycles. The van der Waals surface area contributed by atoms with E-state index in [1.165, 1.54) is 0 Å². The average molecular weight is 247 g/mol. The van der Waals surface area contributed by atoms with E-state index in [1.54, 1.807) is 16.7 Å². The molecule has 2 rings (SSSR count). The van der Waals surface area contributed by atoms with Gasteiger partial charge in [0, 0.05) is 12.5 Å². The van der Waals surface area contributed by atoms with Gasteiger partial charge in [-0.05, 0) is 31.0 Å². The Hall–Kier alpha value is -2.04. The molecule has 0 spiro atoms. The summed E-state index contributed by atoms with van der Waals surface area (Å²) in [5.41, 5.74) is 0.842. The highest BCUT2D eigenvalue weighted by molar-refractivity contribution is 5.27. The second kappa shape index (κ2) is 5.08. The minimum Gasteiger partial charge on any atom is -0.508 e. The van der Waals surface area contributed by atoms with Crippen LogP contribution in [0.1, 0.15) is 37.7 Å². The van der Waals surface area contributed by atoms with Gasteiger partial charge in [-0.3, -0.25) is 4.57 Å². The molecule has 0 unspecified atom stereocenters. The lowest BCUT2D eigenvalue weighted by molar-refractivity contribution is 0.475. The summed E-state index contributed by atoms with van der Waals surface area (Å²) in [5.74, 6) is 0.958.